The summed E-state index contributed by atoms with van der Waals surface area (Å²) in [5, 5.41) is 9.66. The van der Waals surface area contributed by atoms with Crippen molar-refractivity contribution in [1.82, 2.24) is 4.90 Å². The maximum atomic E-state index is 14.5. The Kier molecular flexibility index (Phi) is 6.05. The van der Waals surface area contributed by atoms with E-state index in [2.05, 4.69) is 0 Å². The van der Waals surface area contributed by atoms with Crippen LogP contribution in [0.5, 0.6) is 0 Å². The third kappa shape index (κ3) is 4.26. The first-order chi connectivity index (χ1) is 14.4. The van der Waals surface area contributed by atoms with Crippen molar-refractivity contribution in [2.75, 3.05) is 4.90 Å². The predicted octanol–water partition coefficient (Wildman–Crippen LogP) is 5.98. The normalized spacial score (nSPS) is 21.4. The Morgan fingerprint density at radius 3 is 2.16 bits per heavy atom. The van der Waals surface area contributed by atoms with Gasteiger partial charge in [0, 0.05) is 27.6 Å². The van der Waals surface area contributed by atoms with E-state index in [1.807, 2.05) is 26.8 Å². The van der Waals surface area contributed by atoms with Gasteiger partial charge in [0.1, 0.15) is 11.7 Å². The summed E-state index contributed by atoms with van der Waals surface area (Å²) < 4.78 is 14.5. The molecule has 2 amide bonds. The highest BCUT2D eigenvalue weighted by Crippen LogP contribution is 2.45. The molecule has 0 radical (unpaired) electrons. The molecule has 1 aliphatic heterocycles. The first-order valence-electron chi connectivity index (χ1n) is 9.66. The lowest BCUT2D eigenvalue weighted by molar-refractivity contribution is -0.123. The Bertz CT molecular complexity index is 1060. The number of hydrogen-bond donors (Lipinski definition) is 0. The van der Waals surface area contributed by atoms with Crippen LogP contribution in [0.3, 0.4) is 0 Å². The van der Waals surface area contributed by atoms with Crippen LogP contribution >= 0.6 is 23.2 Å². The van der Waals surface area contributed by atoms with Gasteiger partial charge in [-0.1, -0.05) is 56.1 Å². The second kappa shape index (κ2) is 8.14. The number of benzene rings is 2. The lowest BCUT2D eigenvalue weighted by Crippen LogP contribution is -2.54. The van der Waals surface area contributed by atoms with Gasteiger partial charge in [-0.3, -0.25) is 14.6 Å². The Morgan fingerprint density at radius 1 is 1.16 bits per heavy atom. The van der Waals surface area contributed by atoms with Gasteiger partial charge in [0.25, 0.3) is 5.91 Å². The fraction of sp³-hybridized carbons (Fsp3) is 0.348. The Hall–Kier alpha value is -2.62. The minimum absolute atomic E-state index is 0.0740. The highest BCUT2D eigenvalue weighted by atomic mass is 35.5. The summed E-state index contributed by atoms with van der Waals surface area (Å²) in [7, 11) is 0. The summed E-state index contributed by atoms with van der Waals surface area (Å²) in [5.74, 6) is -0.443. The molecule has 2 atom stereocenters. The third-order valence-corrected chi connectivity index (χ3v) is 5.86. The van der Waals surface area contributed by atoms with Crippen LogP contribution in [-0.4, -0.2) is 28.7 Å². The zero-order valence-corrected chi connectivity index (χ0v) is 19.1. The molecule has 0 aromatic heterocycles. The van der Waals surface area contributed by atoms with Crippen molar-refractivity contribution < 1.29 is 14.0 Å². The molecule has 2 aromatic carbocycles. The fourth-order valence-electron chi connectivity index (χ4n) is 4.12. The van der Waals surface area contributed by atoms with Gasteiger partial charge in [-0.15, -0.1) is 4.39 Å². The molecular formula is C23H22Cl2FN3O2. The first-order valence-corrected chi connectivity index (χ1v) is 10.4. The van der Waals surface area contributed by atoms with Gasteiger partial charge in [-0.25, -0.2) is 4.79 Å². The van der Waals surface area contributed by atoms with Crippen molar-refractivity contribution in [3.8, 4) is 6.07 Å². The molecule has 5 nitrogen and oxygen atoms in total. The Morgan fingerprint density at radius 2 is 1.71 bits per heavy atom. The molecule has 0 N–H and O–H groups in total. The van der Waals surface area contributed by atoms with E-state index in [0.29, 0.717) is 26.9 Å². The fourth-order valence-corrected chi connectivity index (χ4v) is 4.63. The van der Waals surface area contributed by atoms with E-state index >= 15 is 0 Å². The maximum Gasteiger partial charge on any atom is 0.402 e. The molecule has 1 aliphatic rings. The van der Waals surface area contributed by atoms with E-state index in [4.69, 9.17) is 28.5 Å². The molecule has 162 valence electrons. The quantitative estimate of drug-likeness (QED) is 0.417. The summed E-state index contributed by atoms with van der Waals surface area (Å²) in [6.07, 6.45) is -2.53. The van der Waals surface area contributed by atoms with Crippen molar-refractivity contribution in [1.29, 1.82) is 5.26 Å². The number of halogens is 3. The zero-order valence-electron chi connectivity index (χ0n) is 17.6. The van der Waals surface area contributed by atoms with Crippen molar-refractivity contribution in [3.63, 3.8) is 0 Å². The van der Waals surface area contributed by atoms with Gasteiger partial charge in [0.05, 0.1) is 11.6 Å². The highest BCUT2D eigenvalue weighted by molar-refractivity contribution is 6.35. The lowest BCUT2D eigenvalue weighted by Gasteiger charge is -2.40. The number of hydrogen-bond acceptors (Lipinski definition) is 3. The number of carbonyl (C=O) groups excluding carboxylic acids is 2. The van der Waals surface area contributed by atoms with E-state index in [0.717, 1.165) is 4.90 Å². The van der Waals surface area contributed by atoms with Crippen molar-refractivity contribution in [3.05, 3.63) is 63.6 Å². The molecule has 0 aliphatic carbocycles. The number of nitrogens with zero attached hydrogens (tertiary/aromatic N) is 3. The van der Waals surface area contributed by atoms with Crippen LogP contribution in [0.15, 0.2) is 42.5 Å². The molecule has 1 saturated heterocycles. The average Bonchev–Trinajstić information content (AvgIpc) is 2.89. The number of carbonyl (C=O) groups is 2. The molecule has 1 fully saturated rings. The largest absolute Gasteiger partial charge is 0.402 e. The van der Waals surface area contributed by atoms with E-state index in [-0.39, 0.29) is 6.42 Å². The molecule has 1 heterocycles. The average molecular weight is 462 g/mol. The van der Waals surface area contributed by atoms with Gasteiger partial charge in [-0.2, -0.15) is 5.26 Å². The minimum atomic E-state index is -1.69. The van der Waals surface area contributed by atoms with E-state index in [1.54, 1.807) is 43.3 Å². The monoisotopic (exact) mass is 461 g/mol. The summed E-state index contributed by atoms with van der Waals surface area (Å²) in [6, 6.07) is 13.3. The lowest BCUT2D eigenvalue weighted by atomic mass is 9.88. The van der Waals surface area contributed by atoms with E-state index in [1.165, 1.54) is 11.0 Å². The van der Waals surface area contributed by atoms with Crippen molar-refractivity contribution in [2.45, 2.75) is 45.8 Å². The molecule has 0 saturated carbocycles. The minimum Gasteiger partial charge on any atom is -0.288 e. The van der Waals surface area contributed by atoms with Gasteiger partial charge in [0.2, 0.25) is 0 Å². The summed E-state index contributed by atoms with van der Waals surface area (Å²) in [6.45, 7) is 7.03. The number of rotatable bonds is 3. The predicted molar refractivity (Wildman–Crippen MR) is 119 cm³/mol. The molecule has 8 heteroatoms. The first kappa shape index (κ1) is 23.1. The van der Waals surface area contributed by atoms with Crippen LogP contribution in [0.1, 0.15) is 38.8 Å². The third-order valence-electron chi connectivity index (χ3n) is 5.42. The molecule has 0 bridgehead atoms. The number of nitriles is 1. The van der Waals surface area contributed by atoms with Gasteiger partial charge < -0.3 is 0 Å². The smallest absolute Gasteiger partial charge is 0.288 e. The molecule has 31 heavy (non-hydrogen) atoms. The topological polar surface area (TPSA) is 64.4 Å². The molecule has 0 unspecified atom stereocenters. The SMILES string of the molecule is CC(C)(C)[C@@H]1N(c2cc(Cl)cc(Cl)c2)C(=O)[C@@](C)(Cc2ccc(C#N)cc2)N1C(=O)F. The van der Waals surface area contributed by atoms with Gasteiger partial charge in [-0.05, 0) is 42.8 Å². The summed E-state index contributed by atoms with van der Waals surface area (Å²) in [4.78, 5) is 28.4. The van der Waals surface area contributed by atoms with Crippen molar-refractivity contribution in [2.24, 2.45) is 5.41 Å². The second-order valence-electron chi connectivity index (χ2n) is 8.92. The van der Waals surface area contributed by atoms with E-state index < -0.39 is 29.2 Å². The van der Waals surface area contributed by atoms with Crippen molar-refractivity contribution >= 4 is 41.0 Å². The highest BCUT2D eigenvalue weighted by Gasteiger charge is 2.60. The van der Waals surface area contributed by atoms with Crippen LogP contribution in [0.4, 0.5) is 14.9 Å². The zero-order chi connectivity index (χ0) is 23.1. The van der Waals surface area contributed by atoms with E-state index in [9.17, 15) is 14.0 Å². The summed E-state index contributed by atoms with van der Waals surface area (Å²) >= 11 is 12.3. The van der Waals surface area contributed by atoms with Crippen LogP contribution in [0.25, 0.3) is 0 Å². The van der Waals surface area contributed by atoms with Crippen LogP contribution in [-0.2, 0) is 11.2 Å². The van der Waals surface area contributed by atoms with Crippen LogP contribution < -0.4 is 4.90 Å². The summed E-state index contributed by atoms with van der Waals surface area (Å²) in [5.41, 5.74) is -0.633. The molecular weight excluding hydrogens is 440 g/mol. The molecule has 0 spiro atoms. The molecule has 2 aromatic rings. The number of amides is 2. The molecule has 3 rings (SSSR count). The standard InChI is InChI=1S/C23H22Cl2FN3O2/c1-22(2,3)19-28(18-10-16(24)9-17(25)11-18)20(30)23(4,29(19)21(26)31)12-14-5-7-15(13-27)8-6-14/h5-11,19H,12H2,1-4H3/t19-,23-/m1/s1. The van der Waals surface area contributed by atoms with Crippen LogP contribution in [0, 0.1) is 16.7 Å². The maximum absolute atomic E-state index is 14.5. The van der Waals surface area contributed by atoms with Gasteiger partial charge >= 0.3 is 6.16 Å². The van der Waals surface area contributed by atoms with Crippen LogP contribution in [0.2, 0.25) is 10.0 Å². The van der Waals surface area contributed by atoms with Gasteiger partial charge in [0.15, 0.2) is 0 Å². The Balaban J connectivity index is 2.17. The number of anilines is 1. The second-order valence-corrected chi connectivity index (χ2v) is 9.80. The Labute approximate surface area is 191 Å².